The zero-order chi connectivity index (χ0) is 17.3. The Kier molecular flexibility index (Phi) is 4.99. The summed E-state index contributed by atoms with van der Waals surface area (Å²) in [7, 11) is 1.40. The number of hydrogen-bond acceptors (Lipinski definition) is 5. The second-order valence-electron chi connectivity index (χ2n) is 6.77. The fourth-order valence-corrected chi connectivity index (χ4v) is 2.37. The molecule has 0 aromatic heterocycles. The van der Waals surface area contributed by atoms with E-state index in [0.717, 1.165) is 11.0 Å². The van der Waals surface area contributed by atoms with E-state index in [0.29, 0.717) is 12.8 Å². The van der Waals surface area contributed by atoms with Crippen molar-refractivity contribution in [2.45, 2.75) is 38.9 Å². The third-order valence-corrected chi connectivity index (χ3v) is 4.47. The molecule has 0 spiro atoms. The van der Waals surface area contributed by atoms with Crippen molar-refractivity contribution >= 4 is 19.5 Å². The Labute approximate surface area is 137 Å². The highest BCUT2D eigenvalue weighted by atomic mass is 16.7. The lowest BCUT2D eigenvalue weighted by molar-refractivity contribution is 0.00578. The number of carbonyl (C=O) groups excluding carboxylic acids is 1. The van der Waals surface area contributed by atoms with Crippen LogP contribution in [0.15, 0.2) is 23.7 Å². The highest BCUT2D eigenvalue weighted by molar-refractivity contribution is 6.55. The summed E-state index contributed by atoms with van der Waals surface area (Å²) >= 11 is 0. The molecule has 1 heterocycles. The van der Waals surface area contributed by atoms with E-state index >= 15 is 0 Å². The minimum Gasteiger partial charge on any atom is -0.507 e. The number of benzene rings is 1. The smallest absolute Gasteiger partial charge is 0.491 e. The van der Waals surface area contributed by atoms with Crippen LogP contribution in [0.1, 0.15) is 43.6 Å². The monoisotopic (exact) mass is 317 g/mol. The lowest BCUT2D eigenvalue weighted by atomic mass is 9.77. The predicted octanol–water partition coefficient (Wildman–Crippen LogP) is 2.44. The average molecular weight is 317 g/mol. The Hall–Kier alpha value is -1.63. The summed E-state index contributed by atoms with van der Waals surface area (Å²) in [6, 6.07) is 4.93. The van der Waals surface area contributed by atoms with E-state index in [9.17, 15) is 9.90 Å². The first-order valence-electron chi connectivity index (χ1n) is 7.69. The van der Waals surface area contributed by atoms with E-state index in [1.165, 1.54) is 0 Å². The van der Waals surface area contributed by atoms with Crippen LogP contribution in [0.3, 0.4) is 0 Å². The van der Waals surface area contributed by atoms with Crippen molar-refractivity contribution in [3.05, 3.63) is 34.8 Å². The van der Waals surface area contributed by atoms with E-state index in [1.807, 2.05) is 40.8 Å². The van der Waals surface area contributed by atoms with Crippen LogP contribution in [0, 0.1) is 0 Å². The molecule has 2 N–H and O–H groups in total. The van der Waals surface area contributed by atoms with E-state index in [2.05, 4.69) is 5.32 Å². The first-order chi connectivity index (χ1) is 10.7. The molecule has 2 rings (SSSR count). The van der Waals surface area contributed by atoms with Crippen LogP contribution in [-0.4, -0.2) is 43.3 Å². The third kappa shape index (κ3) is 3.66. The van der Waals surface area contributed by atoms with E-state index < -0.39 is 18.3 Å². The maximum Gasteiger partial charge on any atom is 0.491 e. The first kappa shape index (κ1) is 17.7. The first-order valence-corrected chi connectivity index (χ1v) is 7.69. The average Bonchev–Trinajstić information content (AvgIpc) is 2.67. The van der Waals surface area contributed by atoms with Crippen LogP contribution in [-0.2, 0) is 9.31 Å². The molecule has 23 heavy (non-hydrogen) atoms. The molecule has 0 radical (unpaired) electrons. The third-order valence-electron chi connectivity index (χ3n) is 4.47. The molecule has 1 fully saturated rings. The van der Waals surface area contributed by atoms with E-state index in [-0.39, 0.29) is 11.3 Å². The van der Waals surface area contributed by atoms with E-state index in [4.69, 9.17) is 9.31 Å². The molecule has 0 amide bonds. The largest absolute Gasteiger partial charge is 0.507 e. The standard InChI is InChI=1S/C17H24BNO4/c1-16(2)17(3,4)23-18(22-16)14(10-19-5)8-12-6-7-13(11-20)15(21)9-12/h6-9,11,19,21H,10H2,1-5H3. The van der Waals surface area contributed by atoms with Gasteiger partial charge in [-0.05, 0) is 57.9 Å². The second-order valence-corrected chi connectivity index (χ2v) is 6.77. The lowest BCUT2D eigenvalue weighted by Gasteiger charge is -2.32. The number of aromatic hydroxyl groups is 1. The molecule has 1 aromatic carbocycles. The molecule has 6 heteroatoms. The number of carbonyl (C=O) groups is 1. The lowest BCUT2D eigenvalue weighted by Crippen LogP contribution is -2.41. The van der Waals surface area contributed by atoms with Crippen molar-refractivity contribution in [3.63, 3.8) is 0 Å². The quantitative estimate of drug-likeness (QED) is 0.645. The van der Waals surface area contributed by atoms with Crippen molar-refractivity contribution in [3.8, 4) is 5.75 Å². The molecule has 124 valence electrons. The zero-order valence-electron chi connectivity index (χ0n) is 14.3. The van der Waals surface area contributed by atoms with Gasteiger partial charge < -0.3 is 19.7 Å². The molecule has 0 saturated carbocycles. The topological polar surface area (TPSA) is 67.8 Å². The number of aldehydes is 1. The second kappa shape index (κ2) is 6.47. The Morgan fingerprint density at radius 2 is 1.87 bits per heavy atom. The number of nitrogens with one attached hydrogen (secondary N) is 1. The van der Waals surface area contributed by atoms with Crippen LogP contribution in [0.25, 0.3) is 6.08 Å². The Bertz CT molecular complexity index is 609. The highest BCUT2D eigenvalue weighted by Crippen LogP contribution is 2.38. The summed E-state index contributed by atoms with van der Waals surface area (Å²) in [6.07, 6.45) is 2.54. The Morgan fingerprint density at radius 1 is 1.26 bits per heavy atom. The summed E-state index contributed by atoms with van der Waals surface area (Å²) in [5.74, 6) is -0.0357. The molecule has 0 aliphatic carbocycles. The van der Waals surface area contributed by atoms with Crippen LogP contribution in [0.2, 0.25) is 0 Å². The molecule has 1 aliphatic rings. The Balaban J connectivity index is 2.32. The predicted molar refractivity (Wildman–Crippen MR) is 91.5 cm³/mol. The number of hydrogen-bond donors (Lipinski definition) is 2. The molecular weight excluding hydrogens is 293 g/mol. The van der Waals surface area contributed by atoms with Crippen LogP contribution in [0.5, 0.6) is 5.75 Å². The number of likely N-dealkylation sites (N-methyl/N-ethyl adjacent to an activating group) is 1. The summed E-state index contributed by atoms with van der Waals surface area (Å²) in [6.45, 7) is 8.62. The van der Waals surface area contributed by atoms with E-state index in [1.54, 1.807) is 18.2 Å². The maximum atomic E-state index is 10.8. The number of rotatable bonds is 5. The van der Waals surface area contributed by atoms with Crippen molar-refractivity contribution in [1.82, 2.24) is 5.32 Å². The summed E-state index contributed by atoms with van der Waals surface area (Å²) in [5, 5.41) is 12.9. The van der Waals surface area contributed by atoms with Gasteiger partial charge in [-0.15, -0.1) is 0 Å². The van der Waals surface area contributed by atoms with Gasteiger partial charge in [0.15, 0.2) is 6.29 Å². The minimum absolute atomic E-state index is 0.0357. The van der Waals surface area contributed by atoms with Gasteiger partial charge in [0.25, 0.3) is 0 Å². The van der Waals surface area contributed by atoms with Gasteiger partial charge in [-0.2, -0.15) is 0 Å². The van der Waals surface area contributed by atoms with Gasteiger partial charge in [-0.3, -0.25) is 4.79 Å². The van der Waals surface area contributed by atoms with Crippen molar-refractivity contribution in [1.29, 1.82) is 0 Å². The maximum absolute atomic E-state index is 10.8. The normalized spacial score (nSPS) is 19.9. The van der Waals surface area contributed by atoms with Gasteiger partial charge in [0.05, 0.1) is 16.8 Å². The van der Waals surface area contributed by atoms with Gasteiger partial charge in [0.2, 0.25) is 0 Å². The SMILES string of the molecule is CNCC(=Cc1ccc(C=O)c(O)c1)B1OC(C)(C)C(C)(C)O1. The van der Waals surface area contributed by atoms with Gasteiger partial charge in [0.1, 0.15) is 5.75 Å². The fraction of sp³-hybridized carbons (Fsp3) is 0.471. The van der Waals surface area contributed by atoms with Gasteiger partial charge in [-0.1, -0.05) is 12.1 Å². The molecule has 0 atom stereocenters. The number of phenolic OH excluding ortho intramolecular Hbond substituents is 1. The molecule has 1 saturated heterocycles. The fourth-order valence-electron chi connectivity index (χ4n) is 2.37. The summed E-state index contributed by atoms with van der Waals surface area (Å²) < 4.78 is 12.2. The molecule has 0 unspecified atom stereocenters. The number of phenols is 1. The van der Waals surface area contributed by atoms with Gasteiger partial charge in [-0.25, -0.2) is 0 Å². The van der Waals surface area contributed by atoms with Crippen molar-refractivity contribution < 1.29 is 19.2 Å². The minimum atomic E-state index is -0.458. The molecule has 1 aromatic rings. The molecule has 5 nitrogen and oxygen atoms in total. The van der Waals surface area contributed by atoms with Crippen LogP contribution >= 0.6 is 0 Å². The van der Waals surface area contributed by atoms with Gasteiger partial charge >= 0.3 is 7.12 Å². The van der Waals surface area contributed by atoms with Crippen molar-refractivity contribution in [2.24, 2.45) is 0 Å². The molecule has 1 aliphatic heterocycles. The highest BCUT2D eigenvalue weighted by Gasteiger charge is 2.52. The summed E-state index contributed by atoms with van der Waals surface area (Å²) in [5.41, 5.74) is 1.16. The Morgan fingerprint density at radius 3 is 2.35 bits per heavy atom. The molecular formula is C17H24BNO4. The zero-order valence-corrected chi connectivity index (χ0v) is 14.3. The van der Waals surface area contributed by atoms with Gasteiger partial charge in [0, 0.05) is 6.54 Å². The van der Waals surface area contributed by atoms with Crippen molar-refractivity contribution in [2.75, 3.05) is 13.6 Å². The van der Waals surface area contributed by atoms with Crippen LogP contribution in [0.4, 0.5) is 0 Å². The van der Waals surface area contributed by atoms with Crippen LogP contribution < -0.4 is 5.32 Å². The molecule has 0 bridgehead atoms. The summed E-state index contributed by atoms with van der Waals surface area (Å²) in [4.78, 5) is 10.8.